The van der Waals surface area contributed by atoms with E-state index in [9.17, 15) is 0 Å². The number of nitrogens with zero attached hydrogens (tertiary/aromatic N) is 3. The maximum atomic E-state index is 8.43. The van der Waals surface area contributed by atoms with Crippen LogP contribution in [0.25, 0.3) is 55.7 Å². The van der Waals surface area contributed by atoms with Crippen LogP contribution < -0.4 is 5.19 Å². The van der Waals surface area contributed by atoms with Crippen LogP contribution in [0, 0.1) is 39.5 Å². The summed E-state index contributed by atoms with van der Waals surface area (Å²) in [5, 5.41) is 2.32. The van der Waals surface area contributed by atoms with Crippen molar-refractivity contribution in [1.29, 1.82) is 0 Å². The smallest absolute Gasteiger partial charge is 0.216 e. The number of pyridine rings is 3. The summed E-state index contributed by atoms with van der Waals surface area (Å²) in [6.07, 6.45) is 3.12. The van der Waals surface area contributed by atoms with E-state index in [1.165, 1.54) is 23.9 Å². The van der Waals surface area contributed by atoms with E-state index >= 15 is 0 Å². The molecule has 53 heavy (non-hydrogen) atoms. The zero-order chi connectivity index (χ0) is 47.2. The molecular formula is C47H51IrN3OSi-2. The van der Waals surface area contributed by atoms with Crippen LogP contribution in [-0.4, -0.2) is 23.0 Å². The van der Waals surface area contributed by atoms with Crippen molar-refractivity contribution in [3.63, 3.8) is 0 Å². The summed E-state index contributed by atoms with van der Waals surface area (Å²) in [7, 11) is -1.94. The van der Waals surface area contributed by atoms with Crippen molar-refractivity contribution in [2.45, 2.75) is 92.5 Å². The van der Waals surface area contributed by atoms with Crippen molar-refractivity contribution in [1.82, 2.24) is 15.0 Å². The van der Waals surface area contributed by atoms with E-state index in [0.29, 0.717) is 38.7 Å². The first-order valence-corrected chi connectivity index (χ1v) is 20.2. The van der Waals surface area contributed by atoms with Gasteiger partial charge in [0.1, 0.15) is 0 Å². The summed E-state index contributed by atoms with van der Waals surface area (Å²) in [5.74, 6) is 0. The average Bonchev–Trinajstić information content (AvgIpc) is 3.61. The SMILES string of the molecule is [2H]C([2H])([2H])c1c[c-]c(-c2ccc(C(C)(C)C)cn2)cc1.[2H]C([2H])([2H])c1ccc2c(n1)oc1c(-c3cc(-c4ccc([Si](CC)(CC)CC)cc4C([2H])([2H])[2H])c(C([2H])([2H])[2H])cn3)[c-]ccc12.[Ir]. The molecule has 0 fully saturated rings. The monoisotopic (exact) mass is 906 g/mol. The molecule has 4 heterocycles. The van der Waals surface area contributed by atoms with Crippen LogP contribution in [-0.2, 0) is 25.5 Å². The molecule has 0 aliphatic rings. The first-order valence-electron chi connectivity index (χ1n) is 23.6. The normalized spacial score (nSPS) is 16.0. The number of hydrogen-bond acceptors (Lipinski definition) is 4. The third kappa shape index (κ3) is 8.31. The topological polar surface area (TPSA) is 51.8 Å². The fourth-order valence-electron chi connectivity index (χ4n) is 6.68. The van der Waals surface area contributed by atoms with Gasteiger partial charge in [0.15, 0.2) is 0 Å². The molecule has 7 aromatic rings. The molecule has 0 aliphatic carbocycles. The van der Waals surface area contributed by atoms with Gasteiger partial charge in [0.2, 0.25) is 5.71 Å². The second-order valence-corrected chi connectivity index (χ2v) is 19.4. The number of hydrogen-bond donors (Lipinski definition) is 0. The second kappa shape index (κ2) is 16.4. The molecule has 4 aromatic heterocycles. The molecule has 0 aliphatic heterocycles. The quantitative estimate of drug-likeness (QED) is 0.118. The van der Waals surface area contributed by atoms with Gasteiger partial charge in [-0.25, -0.2) is 4.98 Å². The molecule has 0 amide bonds. The van der Waals surface area contributed by atoms with Gasteiger partial charge in [-0.15, -0.1) is 53.6 Å². The number of fused-ring (bicyclic) bond motifs is 3. The Morgan fingerprint density at radius 1 is 0.736 bits per heavy atom. The van der Waals surface area contributed by atoms with Crippen molar-refractivity contribution in [3.05, 3.63) is 131 Å². The third-order valence-corrected chi connectivity index (χ3v) is 15.7. The Balaban J connectivity index is 0.000000317. The maximum absolute atomic E-state index is 8.43. The standard InChI is InChI=1S/C31H33N2OSi.C16H18N.Ir/c1-7-35(8-2,9-3)23-14-16-24(20(4)17-23)28-18-29(32-19-21(28)5)27-12-10-11-25-26-15-13-22(6)33-31(26)34-30(25)27;1-12-5-7-13(8-6-12)15-10-9-14(11-17-15)16(2,3)4;/h10-11,13-19H,7-9H2,1-6H3;5-7,9-11H,1-4H3;/q2*-1;/i4D3,5D3,6D3;1D3;. The Bertz CT molecular complexity index is 2700. The van der Waals surface area contributed by atoms with E-state index in [4.69, 9.17) is 20.9 Å². The number of aromatic nitrogens is 3. The summed E-state index contributed by atoms with van der Waals surface area (Å²) in [5.41, 5.74) is 4.88. The first-order chi connectivity index (χ1) is 29.7. The van der Waals surface area contributed by atoms with E-state index < -0.39 is 35.5 Å². The van der Waals surface area contributed by atoms with Crippen LogP contribution in [0.1, 0.15) is 85.9 Å². The fraction of sp³-hybridized carbons (Fsp3) is 0.298. The third-order valence-electron chi connectivity index (χ3n) is 10.1. The molecule has 7 rings (SSSR count). The van der Waals surface area contributed by atoms with Crippen LogP contribution in [0.5, 0.6) is 0 Å². The number of aryl methyl sites for hydroxylation is 4. The van der Waals surface area contributed by atoms with Crippen LogP contribution in [0.2, 0.25) is 18.1 Å². The van der Waals surface area contributed by atoms with Gasteiger partial charge in [-0.2, -0.15) is 0 Å². The van der Waals surface area contributed by atoms with Crippen LogP contribution in [0.15, 0.2) is 95.7 Å². The molecular weight excluding hydrogens is 843 g/mol. The van der Waals surface area contributed by atoms with Crippen molar-refractivity contribution >= 4 is 35.3 Å². The van der Waals surface area contributed by atoms with Crippen LogP contribution in [0.3, 0.4) is 0 Å². The first kappa shape index (κ1) is 26.5. The predicted octanol–water partition coefficient (Wildman–Crippen LogP) is 12.3. The van der Waals surface area contributed by atoms with Gasteiger partial charge in [-0.05, 0) is 77.3 Å². The molecule has 0 spiro atoms. The molecule has 0 saturated heterocycles. The Morgan fingerprint density at radius 3 is 2.17 bits per heavy atom. The predicted molar refractivity (Wildman–Crippen MR) is 222 cm³/mol. The van der Waals surface area contributed by atoms with Crippen molar-refractivity contribution in [2.75, 3.05) is 0 Å². The summed E-state index contributed by atoms with van der Waals surface area (Å²) in [6, 6.07) is 31.5. The van der Waals surface area contributed by atoms with E-state index in [0.717, 1.165) is 34.6 Å². The van der Waals surface area contributed by atoms with Crippen LogP contribution in [0.4, 0.5) is 0 Å². The minimum atomic E-state index is -2.56. The molecule has 275 valence electrons. The second-order valence-electron chi connectivity index (χ2n) is 14.1. The van der Waals surface area contributed by atoms with Crippen molar-refractivity contribution in [3.8, 4) is 33.6 Å². The van der Waals surface area contributed by atoms with Gasteiger partial charge in [0.05, 0.1) is 13.7 Å². The molecule has 0 saturated carbocycles. The molecule has 1 radical (unpaired) electrons. The summed E-state index contributed by atoms with van der Waals surface area (Å²) >= 11 is 0. The number of rotatable bonds is 7. The summed E-state index contributed by atoms with van der Waals surface area (Å²) in [4.78, 5) is 13.1. The molecule has 6 heteroatoms. The molecule has 3 aromatic carbocycles. The van der Waals surface area contributed by atoms with E-state index in [-0.39, 0.29) is 53.6 Å². The number of benzene rings is 3. The van der Waals surface area contributed by atoms with E-state index in [2.05, 4.69) is 68.6 Å². The van der Waals surface area contributed by atoms with Gasteiger partial charge in [-0.1, -0.05) is 119 Å². The van der Waals surface area contributed by atoms with Gasteiger partial charge in [0.25, 0.3) is 0 Å². The Kier molecular flexibility index (Phi) is 8.22. The zero-order valence-electron chi connectivity index (χ0n) is 42.9. The van der Waals surface area contributed by atoms with Crippen molar-refractivity contribution in [2.24, 2.45) is 0 Å². The molecule has 0 unspecified atom stereocenters. The van der Waals surface area contributed by atoms with Gasteiger partial charge >= 0.3 is 0 Å². The van der Waals surface area contributed by atoms with Gasteiger partial charge in [0, 0.05) is 60.0 Å². The van der Waals surface area contributed by atoms with E-state index in [1.807, 2.05) is 24.4 Å². The minimum absolute atomic E-state index is 0. The Morgan fingerprint density at radius 2 is 1.53 bits per heavy atom. The molecule has 4 nitrogen and oxygen atoms in total. The van der Waals surface area contributed by atoms with Gasteiger partial charge < -0.3 is 14.4 Å². The zero-order valence-corrected chi connectivity index (χ0v) is 34.3. The number of furan rings is 1. The maximum Gasteiger partial charge on any atom is 0.216 e. The fourth-order valence-corrected chi connectivity index (χ4v) is 10.3. The van der Waals surface area contributed by atoms with Gasteiger partial charge in [-0.3, -0.25) is 0 Å². The average molecular weight is 906 g/mol. The summed E-state index contributed by atoms with van der Waals surface area (Å²) < 4.78 is 101. The molecule has 0 atom stereocenters. The molecule has 0 bridgehead atoms. The van der Waals surface area contributed by atoms with Crippen LogP contribution >= 0.6 is 0 Å². The van der Waals surface area contributed by atoms with Crippen molar-refractivity contribution < 1.29 is 41.0 Å². The van der Waals surface area contributed by atoms with E-state index in [1.54, 1.807) is 48.5 Å². The largest absolute Gasteiger partial charge is 0.486 e. The summed E-state index contributed by atoms with van der Waals surface area (Å²) in [6.45, 7) is 3.32. The minimum Gasteiger partial charge on any atom is -0.486 e. The molecule has 0 N–H and O–H groups in total. The Hall–Kier alpha value is -4.22. The Labute approximate surface area is 347 Å².